The van der Waals surface area contributed by atoms with Crippen molar-refractivity contribution in [3.05, 3.63) is 42.5 Å². The Labute approximate surface area is 152 Å². The molecule has 0 aromatic carbocycles. The number of amides is 3. The Morgan fingerprint density at radius 2 is 2.19 bits per heavy atom. The topological polar surface area (TPSA) is 92.2 Å². The molecule has 0 spiro atoms. The van der Waals surface area contributed by atoms with Crippen LogP contribution < -0.4 is 10.6 Å². The summed E-state index contributed by atoms with van der Waals surface area (Å²) in [7, 11) is 0. The zero-order chi connectivity index (χ0) is 18.5. The third-order valence-corrected chi connectivity index (χ3v) is 4.32. The molecule has 2 aromatic rings. The lowest BCUT2D eigenvalue weighted by Crippen LogP contribution is -2.43. The molecule has 138 valence electrons. The van der Waals surface area contributed by atoms with Crippen molar-refractivity contribution in [1.82, 2.24) is 25.0 Å². The van der Waals surface area contributed by atoms with E-state index in [1.165, 1.54) is 0 Å². The van der Waals surface area contributed by atoms with Gasteiger partial charge in [0.15, 0.2) is 0 Å². The quantitative estimate of drug-likeness (QED) is 0.830. The summed E-state index contributed by atoms with van der Waals surface area (Å²) in [5, 5.41) is 10.1. The van der Waals surface area contributed by atoms with Gasteiger partial charge >= 0.3 is 6.03 Å². The second-order valence-corrected chi connectivity index (χ2v) is 6.77. The predicted octanol–water partition coefficient (Wildman–Crippen LogP) is 2.17. The zero-order valence-electron chi connectivity index (χ0n) is 15.1. The van der Waals surface area contributed by atoms with Gasteiger partial charge in [-0.05, 0) is 38.0 Å². The monoisotopic (exact) mass is 356 g/mol. The van der Waals surface area contributed by atoms with Crippen molar-refractivity contribution >= 4 is 17.6 Å². The minimum absolute atomic E-state index is 0.0199. The second kappa shape index (κ2) is 7.99. The molecule has 1 aliphatic heterocycles. The van der Waals surface area contributed by atoms with E-state index < -0.39 is 0 Å². The van der Waals surface area contributed by atoms with Crippen LogP contribution in [0.15, 0.2) is 36.9 Å². The summed E-state index contributed by atoms with van der Waals surface area (Å²) in [6, 6.07) is 3.75. The Balaban J connectivity index is 1.70. The van der Waals surface area contributed by atoms with Crippen LogP contribution >= 0.6 is 0 Å². The zero-order valence-corrected chi connectivity index (χ0v) is 15.1. The van der Waals surface area contributed by atoms with Gasteiger partial charge in [-0.25, -0.2) is 4.79 Å². The highest BCUT2D eigenvalue weighted by molar-refractivity contribution is 5.89. The fourth-order valence-electron chi connectivity index (χ4n) is 2.90. The fraction of sp³-hybridized carbons (Fsp3) is 0.444. The Morgan fingerprint density at radius 1 is 1.42 bits per heavy atom. The van der Waals surface area contributed by atoms with Gasteiger partial charge in [0, 0.05) is 50.2 Å². The number of urea groups is 1. The Morgan fingerprint density at radius 3 is 2.81 bits per heavy atom. The molecule has 0 bridgehead atoms. The number of nitrogens with one attached hydrogen (secondary N) is 2. The number of pyridine rings is 1. The molecule has 3 amide bonds. The minimum atomic E-state index is -0.216. The molecule has 0 radical (unpaired) electrons. The van der Waals surface area contributed by atoms with Crippen molar-refractivity contribution < 1.29 is 9.59 Å². The third kappa shape index (κ3) is 4.59. The van der Waals surface area contributed by atoms with Gasteiger partial charge in [-0.2, -0.15) is 5.10 Å². The van der Waals surface area contributed by atoms with Crippen LogP contribution in [0.25, 0.3) is 0 Å². The maximum absolute atomic E-state index is 12.8. The van der Waals surface area contributed by atoms with Crippen LogP contribution in [-0.4, -0.2) is 44.2 Å². The SMILES string of the molecule is CC(C)n1cc(NC(=O)N(Cc2ccncc2)CC2CCC(=O)N2)cn1. The van der Waals surface area contributed by atoms with Gasteiger partial charge in [0.2, 0.25) is 5.91 Å². The summed E-state index contributed by atoms with van der Waals surface area (Å²) in [5.41, 5.74) is 1.64. The third-order valence-electron chi connectivity index (χ3n) is 4.32. The summed E-state index contributed by atoms with van der Waals surface area (Å²) in [5.74, 6) is 0.0393. The van der Waals surface area contributed by atoms with E-state index in [1.54, 1.807) is 28.2 Å². The molecule has 2 aromatic heterocycles. The van der Waals surface area contributed by atoms with Gasteiger partial charge < -0.3 is 15.5 Å². The maximum Gasteiger partial charge on any atom is 0.322 e. The van der Waals surface area contributed by atoms with Crippen LogP contribution in [0.1, 0.15) is 38.3 Å². The molecule has 8 nitrogen and oxygen atoms in total. The smallest absolute Gasteiger partial charge is 0.322 e. The van der Waals surface area contributed by atoms with Crippen LogP contribution in [-0.2, 0) is 11.3 Å². The highest BCUT2D eigenvalue weighted by atomic mass is 16.2. The average Bonchev–Trinajstić information content (AvgIpc) is 3.24. The summed E-state index contributed by atoms with van der Waals surface area (Å²) < 4.78 is 1.79. The maximum atomic E-state index is 12.8. The van der Waals surface area contributed by atoms with Crippen LogP contribution in [0, 0.1) is 0 Å². The molecule has 0 saturated carbocycles. The molecule has 3 rings (SSSR count). The molecule has 26 heavy (non-hydrogen) atoms. The molecule has 2 N–H and O–H groups in total. The standard InChI is InChI=1S/C18H24N6O2/c1-13(2)24-12-16(9-20-24)22-18(26)23(10-14-5-7-19-8-6-14)11-15-3-4-17(25)21-15/h5-9,12-13,15H,3-4,10-11H2,1-2H3,(H,21,25)(H,22,26). The van der Waals surface area contributed by atoms with Crippen molar-refractivity contribution in [2.45, 2.75) is 45.3 Å². The molecule has 1 fully saturated rings. The number of carbonyl (C=O) groups excluding carboxylic acids is 2. The van der Waals surface area contributed by atoms with E-state index >= 15 is 0 Å². The number of anilines is 1. The van der Waals surface area contributed by atoms with E-state index in [4.69, 9.17) is 0 Å². The van der Waals surface area contributed by atoms with Crippen molar-refractivity contribution in [1.29, 1.82) is 0 Å². The molecule has 3 heterocycles. The number of rotatable bonds is 6. The first-order valence-electron chi connectivity index (χ1n) is 8.79. The van der Waals surface area contributed by atoms with Gasteiger partial charge in [-0.1, -0.05) is 0 Å². The van der Waals surface area contributed by atoms with E-state index in [-0.39, 0.29) is 24.0 Å². The molecular weight excluding hydrogens is 332 g/mol. The van der Waals surface area contributed by atoms with E-state index in [1.807, 2.05) is 32.2 Å². The van der Waals surface area contributed by atoms with Crippen LogP contribution in [0.2, 0.25) is 0 Å². The van der Waals surface area contributed by atoms with Crippen molar-refractivity contribution in [2.24, 2.45) is 0 Å². The van der Waals surface area contributed by atoms with Crippen LogP contribution in [0.5, 0.6) is 0 Å². The van der Waals surface area contributed by atoms with Crippen molar-refractivity contribution in [3.8, 4) is 0 Å². The van der Waals surface area contributed by atoms with E-state index in [2.05, 4.69) is 20.7 Å². The Kier molecular flexibility index (Phi) is 5.50. The summed E-state index contributed by atoms with van der Waals surface area (Å²) in [4.78, 5) is 30.0. The number of nitrogens with zero attached hydrogens (tertiary/aromatic N) is 4. The minimum Gasteiger partial charge on any atom is -0.352 e. The van der Waals surface area contributed by atoms with Crippen LogP contribution in [0.4, 0.5) is 10.5 Å². The highest BCUT2D eigenvalue weighted by Crippen LogP contribution is 2.15. The van der Waals surface area contributed by atoms with E-state index in [9.17, 15) is 9.59 Å². The van der Waals surface area contributed by atoms with Gasteiger partial charge in [-0.3, -0.25) is 14.5 Å². The number of carbonyl (C=O) groups is 2. The van der Waals surface area contributed by atoms with Gasteiger partial charge in [0.1, 0.15) is 0 Å². The molecular formula is C18H24N6O2. The lowest BCUT2D eigenvalue weighted by atomic mass is 10.2. The second-order valence-electron chi connectivity index (χ2n) is 6.77. The van der Waals surface area contributed by atoms with Gasteiger partial charge in [0.05, 0.1) is 11.9 Å². The Hall–Kier alpha value is -2.90. The first-order chi connectivity index (χ1) is 12.5. The normalized spacial score (nSPS) is 16.6. The van der Waals surface area contributed by atoms with Gasteiger partial charge in [-0.15, -0.1) is 0 Å². The number of hydrogen-bond acceptors (Lipinski definition) is 4. The van der Waals surface area contributed by atoms with Crippen molar-refractivity contribution in [2.75, 3.05) is 11.9 Å². The number of hydrogen-bond donors (Lipinski definition) is 2. The highest BCUT2D eigenvalue weighted by Gasteiger charge is 2.25. The summed E-state index contributed by atoms with van der Waals surface area (Å²) >= 11 is 0. The molecule has 1 saturated heterocycles. The van der Waals surface area contributed by atoms with E-state index in [0.29, 0.717) is 25.2 Å². The van der Waals surface area contributed by atoms with Gasteiger partial charge in [0.25, 0.3) is 0 Å². The predicted molar refractivity (Wildman–Crippen MR) is 97.4 cm³/mol. The van der Waals surface area contributed by atoms with Crippen molar-refractivity contribution in [3.63, 3.8) is 0 Å². The fourth-order valence-corrected chi connectivity index (χ4v) is 2.90. The van der Waals surface area contributed by atoms with E-state index in [0.717, 1.165) is 12.0 Å². The first kappa shape index (κ1) is 17.9. The molecule has 1 aliphatic rings. The lowest BCUT2D eigenvalue weighted by molar-refractivity contribution is -0.119. The largest absolute Gasteiger partial charge is 0.352 e. The summed E-state index contributed by atoms with van der Waals surface area (Å²) in [6.45, 7) is 4.95. The Bertz CT molecular complexity index is 758. The lowest BCUT2D eigenvalue weighted by Gasteiger charge is -2.26. The first-order valence-corrected chi connectivity index (χ1v) is 8.79. The van der Waals surface area contributed by atoms with Crippen LogP contribution in [0.3, 0.4) is 0 Å². The molecule has 0 aliphatic carbocycles. The number of aromatic nitrogens is 3. The molecule has 1 atom stereocenters. The molecule has 8 heteroatoms. The molecule has 1 unspecified atom stereocenters. The average molecular weight is 356 g/mol. The summed E-state index contributed by atoms with van der Waals surface area (Å²) in [6.07, 6.45) is 8.11.